The smallest absolute Gasteiger partial charge is 0.335 e. The van der Waals surface area contributed by atoms with Crippen molar-refractivity contribution >= 4 is 11.7 Å². The third-order valence-electron chi connectivity index (χ3n) is 3.52. The van der Waals surface area contributed by atoms with Gasteiger partial charge in [-0.2, -0.15) is 0 Å². The summed E-state index contributed by atoms with van der Waals surface area (Å²) in [6.45, 7) is 4.87. The van der Waals surface area contributed by atoms with Gasteiger partial charge < -0.3 is 10.0 Å². The van der Waals surface area contributed by atoms with Crippen LogP contribution in [0.2, 0.25) is 0 Å². The molecule has 0 bridgehead atoms. The molecule has 0 aliphatic carbocycles. The largest absolute Gasteiger partial charge is 0.478 e. The van der Waals surface area contributed by atoms with Crippen molar-refractivity contribution in [2.45, 2.75) is 20.4 Å². The molecule has 2 aromatic carbocycles. The van der Waals surface area contributed by atoms with E-state index in [0.717, 1.165) is 11.3 Å². The Kier molecular flexibility index (Phi) is 4.08. The zero-order valence-electron chi connectivity index (χ0n) is 12.1. The van der Waals surface area contributed by atoms with Gasteiger partial charge in [-0.05, 0) is 54.8 Å². The highest BCUT2D eigenvalue weighted by Crippen LogP contribution is 2.19. The van der Waals surface area contributed by atoms with E-state index in [0.29, 0.717) is 12.1 Å². The molecule has 0 atom stereocenters. The summed E-state index contributed by atoms with van der Waals surface area (Å²) < 4.78 is 0. The summed E-state index contributed by atoms with van der Waals surface area (Å²) in [5.41, 5.74) is 4.99. The molecule has 3 nitrogen and oxygen atoms in total. The van der Waals surface area contributed by atoms with Gasteiger partial charge in [0.2, 0.25) is 0 Å². The average Bonchev–Trinajstić information content (AvgIpc) is 2.42. The van der Waals surface area contributed by atoms with Crippen molar-refractivity contribution < 1.29 is 9.90 Å². The highest BCUT2D eigenvalue weighted by molar-refractivity contribution is 5.87. The first-order chi connectivity index (χ1) is 9.47. The summed E-state index contributed by atoms with van der Waals surface area (Å²) in [5.74, 6) is -0.888. The van der Waals surface area contributed by atoms with Gasteiger partial charge in [0.25, 0.3) is 0 Å². The highest BCUT2D eigenvalue weighted by atomic mass is 16.4. The third kappa shape index (κ3) is 3.18. The lowest BCUT2D eigenvalue weighted by atomic mass is 10.1. The lowest BCUT2D eigenvalue weighted by Gasteiger charge is -2.20. The number of nitrogens with zero attached hydrogens (tertiary/aromatic N) is 1. The predicted octanol–water partition coefficient (Wildman–Crippen LogP) is 3.64. The second kappa shape index (κ2) is 5.78. The van der Waals surface area contributed by atoms with E-state index in [4.69, 9.17) is 5.11 Å². The summed E-state index contributed by atoms with van der Waals surface area (Å²) in [5, 5.41) is 9.01. The van der Waals surface area contributed by atoms with Gasteiger partial charge >= 0.3 is 5.97 Å². The minimum Gasteiger partial charge on any atom is -0.478 e. The number of carboxylic acids is 1. The van der Waals surface area contributed by atoms with Gasteiger partial charge in [-0.3, -0.25) is 0 Å². The number of aryl methyl sites for hydroxylation is 2. The first-order valence-corrected chi connectivity index (χ1v) is 6.58. The Hall–Kier alpha value is -2.29. The molecule has 3 heteroatoms. The maximum absolute atomic E-state index is 11.0. The number of hydrogen-bond donors (Lipinski definition) is 1. The minimum absolute atomic E-state index is 0.330. The van der Waals surface area contributed by atoms with Crippen molar-refractivity contribution in [3.63, 3.8) is 0 Å². The average molecular weight is 269 g/mol. The molecule has 0 radical (unpaired) electrons. The standard InChI is InChI=1S/C17H19NO2/c1-12-7-8-16(9-13(12)2)18(3)11-14-5-4-6-15(10-14)17(19)20/h4-10H,11H2,1-3H3,(H,19,20). The van der Waals surface area contributed by atoms with E-state index >= 15 is 0 Å². The van der Waals surface area contributed by atoms with Crippen LogP contribution in [0.3, 0.4) is 0 Å². The Balaban J connectivity index is 2.18. The Morgan fingerprint density at radius 2 is 1.85 bits per heavy atom. The number of anilines is 1. The Morgan fingerprint density at radius 3 is 2.50 bits per heavy atom. The molecule has 2 aromatic rings. The van der Waals surface area contributed by atoms with Gasteiger partial charge in [-0.25, -0.2) is 4.79 Å². The molecule has 0 aliphatic heterocycles. The van der Waals surface area contributed by atoms with E-state index in [2.05, 4.69) is 36.9 Å². The van der Waals surface area contributed by atoms with Crippen LogP contribution in [0.5, 0.6) is 0 Å². The third-order valence-corrected chi connectivity index (χ3v) is 3.52. The lowest BCUT2D eigenvalue weighted by molar-refractivity contribution is 0.0696. The normalized spacial score (nSPS) is 10.3. The first kappa shape index (κ1) is 14.1. The fraction of sp³-hybridized carbons (Fsp3) is 0.235. The van der Waals surface area contributed by atoms with Crippen molar-refractivity contribution in [2.24, 2.45) is 0 Å². The minimum atomic E-state index is -0.888. The summed E-state index contributed by atoms with van der Waals surface area (Å²) >= 11 is 0. The second-order valence-electron chi connectivity index (χ2n) is 5.13. The Morgan fingerprint density at radius 1 is 1.10 bits per heavy atom. The van der Waals surface area contributed by atoms with Crippen LogP contribution in [0.25, 0.3) is 0 Å². The molecular formula is C17H19NO2. The summed E-state index contributed by atoms with van der Waals surface area (Å²) in [7, 11) is 2.01. The van der Waals surface area contributed by atoms with E-state index in [1.165, 1.54) is 11.1 Å². The second-order valence-corrected chi connectivity index (χ2v) is 5.13. The van der Waals surface area contributed by atoms with E-state index < -0.39 is 5.97 Å². The number of aromatic carboxylic acids is 1. The van der Waals surface area contributed by atoms with Crippen molar-refractivity contribution in [3.05, 3.63) is 64.7 Å². The SMILES string of the molecule is Cc1ccc(N(C)Cc2cccc(C(=O)O)c2)cc1C. The number of benzene rings is 2. The molecule has 0 aliphatic rings. The quantitative estimate of drug-likeness (QED) is 0.921. The maximum atomic E-state index is 11.0. The van der Waals surface area contributed by atoms with Crippen molar-refractivity contribution in [1.29, 1.82) is 0 Å². The number of rotatable bonds is 4. The molecule has 0 saturated carbocycles. The molecule has 0 spiro atoms. The maximum Gasteiger partial charge on any atom is 0.335 e. The number of carboxylic acid groups (broad SMARTS) is 1. The van der Waals surface area contributed by atoms with Crippen LogP contribution in [-0.2, 0) is 6.54 Å². The highest BCUT2D eigenvalue weighted by Gasteiger charge is 2.06. The van der Waals surface area contributed by atoms with Crippen LogP contribution in [-0.4, -0.2) is 18.1 Å². The molecular weight excluding hydrogens is 250 g/mol. The Labute approximate surface area is 119 Å². The van der Waals surface area contributed by atoms with Gasteiger partial charge in [0.15, 0.2) is 0 Å². The fourth-order valence-electron chi connectivity index (χ4n) is 2.13. The summed E-state index contributed by atoms with van der Waals surface area (Å²) in [6.07, 6.45) is 0. The van der Waals surface area contributed by atoms with E-state index in [1.807, 2.05) is 13.1 Å². The molecule has 0 amide bonds. The molecule has 0 heterocycles. The number of carbonyl (C=O) groups is 1. The van der Waals surface area contributed by atoms with E-state index in [9.17, 15) is 4.79 Å². The van der Waals surface area contributed by atoms with E-state index in [1.54, 1.807) is 18.2 Å². The van der Waals surface area contributed by atoms with Gasteiger partial charge in [0.1, 0.15) is 0 Å². The monoisotopic (exact) mass is 269 g/mol. The zero-order chi connectivity index (χ0) is 14.7. The van der Waals surface area contributed by atoms with Crippen LogP contribution in [0.4, 0.5) is 5.69 Å². The van der Waals surface area contributed by atoms with Crippen LogP contribution in [0.15, 0.2) is 42.5 Å². The van der Waals surface area contributed by atoms with Crippen LogP contribution in [0, 0.1) is 13.8 Å². The molecule has 0 saturated heterocycles. The van der Waals surface area contributed by atoms with Crippen molar-refractivity contribution in [3.8, 4) is 0 Å². The molecule has 104 valence electrons. The molecule has 0 unspecified atom stereocenters. The topological polar surface area (TPSA) is 40.5 Å². The van der Waals surface area contributed by atoms with Crippen molar-refractivity contribution in [1.82, 2.24) is 0 Å². The van der Waals surface area contributed by atoms with Gasteiger partial charge in [-0.15, -0.1) is 0 Å². The molecule has 2 rings (SSSR count). The van der Waals surface area contributed by atoms with Gasteiger partial charge in [0, 0.05) is 19.3 Å². The van der Waals surface area contributed by atoms with Crippen LogP contribution in [0.1, 0.15) is 27.0 Å². The first-order valence-electron chi connectivity index (χ1n) is 6.58. The fourth-order valence-corrected chi connectivity index (χ4v) is 2.13. The number of hydrogen-bond acceptors (Lipinski definition) is 2. The van der Waals surface area contributed by atoms with Crippen molar-refractivity contribution in [2.75, 3.05) is 11.9 Å². The Bertz CT molecular complexity index is 635. The summed E-state index contributed by atoms with van der Waals surface area (Å²) in [4.78, 5) is 13.1. The summed E-state index contributed by atoms with van der Waals surface area (Å²) in [6, 6.07) is 13.4. The van der Waals surface area contributed by atoms with E-state index in [-0.39, 0.29) is 0 Å². The zero-order valence-corrected chi connectivity index (χ0v) is 12.1. The molecule has 20 heavy (non-hydrogen) atoms. The van der Waals surface area contributed by atoms with Crippen LogP contribution >= 0.6 is 0 Å². The molecule has 0 aromatic heterocycles. The van der Waals surface area contributed by atoms with Gasteiger partial charge in [0.05, 0.1) is 5.56 Å². The predicted molar refractivity (Wildman–Crippen MR) is 81.4 cm³/mol. The van der Waals surface area contributed by atoms with Crippen LogP contribution < -0.4 is 4.90 Å². The van der Waals surface area contributed by atoms with Gasteiger partial charge in [-0.1, -0.05) is 18.2 Å². The molecule has 0 fully saturated rings. The molecule has 1 N–H and O–H groups in total. The lowest BCUT2D eigenvalue weighted by Crippen LogP contribution is -2.16.